The van der Waals surface area contributed by atoms with E-state index in [-0.39, 0.29) is 5.75 Å². The summed E-state index contributed by atoms with van der Waals surface area (Å²) in [7, 11) is -2.82. The van der Waals surface area contributed by atoms with Crippen molar-refractivity contribution in [3.63, 3.8) is 0 Å². The Kier molecular flexibility index (Phi) is 5.49. The van der Waals surface area contributed by atoms with Crippen LogP contribution in [0.4, 0.5) is 0 Å². The van der Waals surface area contributed by atoms with Crippen molar-refractivity contribution in [1.82, 2.24) is 10.2 Å². The first-order valence-electron chi connectivity index (χ1n) is 8.20. The molecular weight excluding hydrogens is 272 g/mol. The molecule has 1 aliphatic heterocycles. The zero-order valence-electron chi connectivity index (χ0n) is 13.0. The summed E-state index contributed by atoms with van der Waals surface area (Å²) in [6.45, 7) is 7.09. The maximum Gasteiger partial charge on any atom is 0.150 e. The van der Waals surface area contributed by atoms with Gasteiger partial charge in [-0.15, -0.1) is 0 Å². The molecule has 118 valence electrons. The molecule has 0 aromatic rings. The lowest BCUT2D eigenvalue weighted by Gasteiger charge is -2.48. The molecule has 2 rings (SSSR count). The van der Waals surface area contributed by atoms with Gasteiger partial charge in [0.1, 0.15) is 9.84 Å². The van der Waals surface area contributed by atoms with Crippen molar-refractivity contribution in [2.45, 2.75) is 64.0 Å². The average molecular weight is 302 g/mol. The first kappa shape index (κ1) is 16.2. The van der Waals surface area contributed by atoms with Crippen LogP contribution in [0.5, 0.6) is 0 Å². The largest absolute Gasteiger partial charge is 0.311 e. The van der Waals surface area contributed by atoms with E-state index in [1.165, 1.54) is 25.7 Å². The Labute approximate surface area is 124 Å². The second kappa shape index (κ2) is 6.75. The normalized spacial score (nSPS) is 27.2. The van der Waals surface area contributed by atoms with E-state index >= 15 is 0 Å². The van der Waals surface area contributed by atoms with Crippen molar-refractivity contribution in [3.05, 3.63) is 0 Å². The van der Waals surface area contributed by atoms with Crippen LogP contribution >= 0.6 is 0 Å². The molecule has 4 nitrogen and oxygen atoms in total. The van der Waals surface area contributed by atoms with Gasteiger partial charge >= 0.3 is 0 Å². The van der Waals surface area contributed by atoms with E-state index in [2.05, 4.69) is 17.1 Å². The lowest BCUT2D eigenvalue weighted by atomic mass is 9.90. The van der Waals surface area contributed by atoms with Crippen molar-refractivity contribution >= 4 is 9.84 Å². The van der Waals surface area contributed by atoms with Gasteiger partial charge in [0.2, 0.25) is 0 Å². The molecule has 1 atom stereocenters. The van der Waals surface area contributed by atoms with Crippen molar-refractivity contribution in [2.75, 3.05) is 31.1 Å². The molecule has 1 saturated heterocycles. The van der Waals surface area contributed by atoms with Crippen LogP contribution in [0.3, 0.4) is 0 Å². The van der Waals surface area contributed by atoms with Gasteiger partial charge in [-0.2, -0.15) is 0 Å². The van der Waals surface area contributed by atoms with Gasteiger partial charge in [0.25, 0.3) is 0 Å². The van der Waals surface area contributed by atoms with Gasteiger partial charge in [0.05, 0.1) is 5.75 Å². The van der Waals surface area contributed by atoms with Gasteiger partial charge in [-0.25, -0.2) is 8.42 Å². The lowest BCUT2D eigenvalue weighted by molar-refractivity contribution is 0.0425. The van der Waals surface area contributed by atoms with E-state index < -0.39 is 9.84 Å². The molecule has 20 heavy (non-hydrogen) atoms. The molecular formula is C15H30N2O2S. The zero-order valence-corrected chi connectivity index (χ0v) is 13.8. The van der Waals surface area contributed by atoms with Gasteiger partial charge in [-0.3, -0.25) is 4.90 Å². The quantitative estimate of drug-likeness (QED) is 0.813. The maximum atomic E-state index is 11.6. The summed E-state index contributed by atoms with van der Waals surface area (Å²) >= 11 is 0. The third-order valence-electron chi connectivity index (χ3n) is 5.18. The predicted octanol–water partition coefficient (Wildman–Crippen LogP) is 1.81. The third kappa shape index (κ3) is 3.74. The highest BCUT2D eigenvalue weighted by Gasteiger charge is 2.42. The molecule has 1 unspecified atom stereocenters. The van der Waals surface area contributed by atoms with Gasteiger partial charge in [0.15, 0.2) is 0 Å². The summed E-state index contributed by atoms with van der Waals surface area (Å²) in [6, 6.07) is 0.573. The van der Waals surface area contributed by atoms with E-state index in [0.29, 0.717) is 17.3 Å². The van der Waals surface area contributed by atoms with Crippen LogP contribution in [-0.4, -0.2) is 56.0 Å². The standard InChI is InChI=1S/C15H30N2O2S/c1-3-14-12-17(10-7-11-20(18,19)4-2)15(13-16-14)8-5-6-9-15/h14,16H,3-13H2,1-2H3. The third-order valence-corrected chi connectivity index (χ3v) is 6.97. The molecule has 1 aliphatic carbocycles. The molecule has 1 N–H and O–H groups in total. The number of nitrogens with one attached hydrogen (secondary N) is 1. The zero-order chi connectivity index (χ0) is 14.6. The molecule has 5 heteroatoms. The van der Waals surface area contributed by atoms with Crippen molar-refractivity contribution in [2.24, 2.45) is 0 Å². The van der Waals surface area contributed by atoms with Gasteiger partial charge in [-0.1, -0.05) is 26.7 Å². The summed E-state index contributed by atoms with van der Waals surface area (Å²) in [5, 5.41) is 3.69. The van der Waals surface area contributed by atoms with Crippen LogP contribution in [0.15, 0.2) is 0 Å². The highest BCUT2D eigenvalue weighted by molar-refractivity contribution is 7.91. The smallest absolute Gasteiger partial charge is 0.150 e. The van der Waals surface area contributed by atoms with Gasteiger partial charge < -0.3 is 5.32 Å². The molecule has 0 aromatic carbocycles. The number of hydrogen-bond acceptors (Lipinski definition) is 4. The summed E-state index contributed by atoms with van der Waals surface area (Å²) < 4.78 is 23.3. The van der Waals surface area contributed by atoms with E-state index in [4.69, 9.17) is 0 Å². The minimum absolute atomic E-state index is 0.275. The van der Waals surface area contributed by atoms with Crippen LogP contribution in [-0.2, 0) is 9.84 Å². The molecule has 1 saturated carbocycles. The molecule has 0 bridgehead atoms. The van der Waals surface area contributed by atoms with Crippen LogP contribution in [0, 0.1) is 0 Å². The predicted molar refractivity (Wildman–Crippen MR) is 83.8 cm³/mol. The highest BCUT2D eigenvalue weighted by atomic mass is 32.2. The van der Waals surface area contributed by atoms with E-state index in [0.717, 1.165) is 32.5 Å². The number of hydrogen-bond donors (Lipinski definition) is 1. The lowest BCUT2D eigenvalue weighted by Crippen LogP contribution is -2.63. The summed E-state index contributed by atoms with van der Waals surface area (Å²) in [6.07, 6.45) is 7.13. The highest BCUT2D eigenvalue weighted by Crippen LogP contribution is 2.37. The number of nitrogens with zero attached hydrogens (tertiary/aromatic N) is 1. The molecule has 0 radical (unpaired) electrons. The first-order chi connectivity index (χ1) is 9.51. The van der Waals surface area contributed by atoms with Crippen LogP contribution < -0.4 is 5.32 Å². The second-order valence-electron chi connectivity index (χ2n) is 6.45. The molecule has 0 amide bonds. The molecule has 0 aromatic heterocycles. The summed E-state index contributed by atoms with van der Waals surface area (Å²) in [5.41, 5.74) is 0.321. The van der Waals surface area contributed by atoms with Crippen LogP contribution in [0.1, 0.15) is 52.4 Å². The minimum atomic E-state index is -2.82. The van der Waals surface area contributed by atoms with Crippen molar-refractivity contribution < 1.29 is 8.42 Å². The Morgan fingerprint density at radius 1 is 1.25 bits per heavy atom. The Morgan fingerprint density at radius 2 is 1.95 bits per heavy atom. The van der Waals surface area contributed by atoms with Crippen molar-refractivity contribution in [3.8, 4) is 0 Å². The maximum absolute atomic E-state index is 11.6. The fourth-order valence-corrected chi connectivity index (χ4v) is 4.58. The molecule has 1 spiro atoms. The van der Waals surface area contributed by atoms with Crippen LogP contribution in [0.25, 0.3) is 0 Å². The van der Waals surface area contributed by atoms with Gasteiger partial charge in [-0.05, 0) is 32.2 Å². The van der Waals surface area contributed by atoms with Crippen molar-refractivity contribution in [1.29, 1.82) is 0 Å². The topological polar surface area (TPSA) is 49.4 Å². The SMILES string of the molecule is CCC1CN(CCCS(=O)(=O)CC)C2(CCCC2)CN1. The Balaban J connectivity index is 1.94. The fourth-order valence-electron chi connectivity index (χ4n) is 3.72. The number of rotatable bonds is 6. The second-order valence-corrected chi connectivity index (χ2v) is 8.93. The summed E-state index contributed by atoms with van der Waals surface area (Å²) in [5.74, 6) is 0.623. The first-order valence-corrected chi connectivity index (χ1v) is 10.0. The average Bonchev–Trinajstić information content (AvgIpc) is 2.90. The Hall–Kier alpha value is -0.130. The van der Waals surface area contributed by atoms with E-state index in [1.807, 2.05) is 0 Å². The van der Waals surface area contributed by atoms with Crippen LogP contribution in [0.2, 0.25) is 0 Å². The Morgan fingerprint density at radius 3 is 2.55 bits per heavy atom. The van der Waals surface area contributed by atoms with E-state index in [1.54, 1.807) is 6.92 Å². The molecule has 2 aliphatic rings. The Bertz CT molecular complexity index is 402. The monoisotopic (exact) mass is 302 g/mol. The minimum Gasteiger partial charge on any atom is -0.311 e. The molecule has 1 heterocycles. The molecule has 2 fully saturated rings. The number of sulfone groups is 1. The van der Waals surface area contributed by atoms with E-state index in [9.17, 15) is 8.42 Å². The van der Waals surface area contributed by atoms with Gasteiger partial charge in [0, 0.05) is 30.4 Å². The number of piperazine rings is 1. The fraction of sp³-hybridized carbons (Fsp3) is 1.00. The summed E-state index contributed by atoms with van der Waals surface area (Å²) in [4.78, 5) is 2.61.